The number of halogens is 1. The molecule has 15 heavy (non-hydrogen) atoms. The van der Waals surface area contributed by atoms with Gasteiger partial charge >= 0.3 is 0 Å². The minimum absolute atomic E-state index is 0.500. The van der Waals surface area contributed by atoms with Crippen LogP contribution in [0.15, 0.2) is 12.1 Å². The molecule has 4 heteroatoms. The number of rotatable bonds is 3. The summed E-state index contributed by atoms with van der Waals surface area (Å²) >= 11 is 5.85. The predicted octanol–water partition coefficient (Wildman–Crippen LogP) is 2.55. The van der Waals surface area contributed by atoms with E-state index in [1.165, 1.54) is 19.3 Å². The van der Waals surface area contributed by atoms with E-state index in [-0.39, 0.29) is 0 Å². The molecule has 1 fully saturated rings. The fraction of sp³-hybridized carbons (Fsp3) is 0.545. The second-order valence-corrected chi connectivity index (χ2v) is 4.61. The van der Waals surface area contributed by atoms with Gasteiger partial charge in [0.15, 0.2) is 5.82 Å². The first-order valence-corrected chi connectivity index (χ1v) is 5.68. The van der Waals surface area contributed by atoms with Crippen LogP contribution in [-0.4, -0.2) is 18.6 Å². The summed E-state index contributed by atoms with van der Waals surface area (Å²) in [6.07, 6.45) is 4.01. The Labute approximate surface area is 95.2 Å². The van der Waals surface area contributed by atoms with Crippen molar-refractivity contribution >= 4 is 23.1 Å². The molecule has 0 radical (unpaired) electrons. The molecule has 1 aliphatic rings. The standard InChI is InChI=1S/C11H16ClN3/c1-15(7-8-3-2-4-8)11-9(13)5-6-10(12)14-11/h5-6,8H,2-4,7,13H2,1H3. The lowest BCUT2D eigenvalue weighted by Crippen LogP contribution is -2.30. The topological polar surface area (TPSA) is 42.2 Å². The summed E-state index contributed by atoms with van der Waals surface area (Å²) in [5.74, 6) is 1.60. The Kier molecular flexibility index (Phi) is 3.00. The van der Waals surface area contributed by atoms with Crippen molar-refractivity contribution in [1.82, 2.24) is 4.98 Å². The van der Waals surface area contributed by atoms with Gasteiger partial charge in [-0.15, -0.1) is 0 Å². The molecule has 0 aliphatic heterocycles. The maximum absolute atomic E-state index is 5.86. The van der Waals surface area contributed by atoms with Crippen LogP contribution in [-0.2, 0) is 0 Å². The molecule has 1 aliphatic carbocycles. The van der Waals surface area contributed by atoms with Crippen LogP contribution in [0, 0.1) is 5.92 Å². The normalized spacial score (nSPS) is 16.1. The van der Waals surface area contributed by atoms with Crippen LogP contribution in [0.25, 0.3) is 0 Å². The zero-order valence-electron chi connectivity index (χ0n) is 8.91. The van der Waals surface area contributed by atoms with Gasteiger partial charge in [0.25, 0.3) is 0 Å². The van der Waals surface area contributed by atoms with Gasteiger partial charge in [0.2, 0.25) is 0 Å². The van der Waals surface area contributed by atoms with E-state index in [0.717, 1.165) is 18.3 Å². The molecule has 1 heterocycles. The van der Waals surface area contributed by atoms with Gasteiger partial charge in [0, 0.05) is 13.6 Å². The monoisotopic (exact) mass is 225 g/mol. The third-order valence-electron chi connectivity index (χ3n) is 2.99. The number of nitrogens with two attached hydrogens (primary N) is 1. The van der Waals surface area contributed by atoms with Crippen molar-refractivity contribution in [2.45, 2.75) is 19.3 Å². The third kappa shape index (κ3) is 2.34. The lowest BCUT2D eigenvalue weighted by atomic mass is 9.85. The molecular formula is C11H16ClN3. The predicted molar refractivity (Wildman–Crippen MR) is 64.3 cm³/mol. The lowest BCUT2D eigenvalue weighted by molar-refractivity contribution is 0.321. The largest absolute Gasteiger partial charge is 0.396 e. The Morgan fingerprint density at radius 3 is 2.87 bits per heavy atom. The average Bonchev–Trinajstić information content (AvgIpc) is 2.15. The smallest absolute Gasteiger partial charge is 0.153 e. The van der Waals surface area contributed by atoms with Crippen molar-refractivity contribution in [2.24, 2.45) is 5.92 Å². The quantitative estimate of drug-likeness (QED) is 0.804. The van der Waals surface area contributed by atoms with Crippen LogP contribution in [0.3, 0.4) is 0 Å². The van der Waals surface area contributed by atoms with Crippen LogP contribution in [0.2, 0.25) is 5.15 Å². The third-order valence-corrected chi connectivity index (χ3v) is 3.20. The summed E-state index contributed by atoms with van der Waals surface area (Å²) in [5, 5.41) is 0.500. The minimum atomic E-state index is 0.500. The fourth-order valence-corrected chi connectivity index (χ4v) is 2.03. The number of hydrogen-bond acceptors (Lipinski definition) is 3. The summed E-state index contributed by atoms with van der Waals surface area (Å²) in [5.41, 5.74) is 6.56. The summed E-state index contributed by atoms with van der Waals surface area (Å²) < 4.78 is 0. The zero-order chi connectivity index (χ0) is 10.8. The molecule has 2 N–H and O–H groups in total. The number of nitrogens with zero attached hydrogens (tertiary/aromatic N) is 2. The average molecular weight is 226 g/mol. The first-order valence-electron chi connectivity index (χ1n) is 5.30. The molecule has 82 valence electrons. The van der Waals surface area contributed by atoms with Crippen LogP contribution in [0.4, 0.5) is 11.5 Å². The zero-order valence-corrected chi connectivity index (χ0v) is 9.67. The van der Waals surface area contributed by atoms with Crippen molar-refractivity contribution in [3.05, 3.63) is 17.3 Å². The molecule has 0 aromatic carbocycles. The Morgan fingerprint density at radius 1 is 1.53 bits per heavy atom. The van der Waals surface area contributed by atoms with Gasteiger partial charge in [-0.2, -0.15) is 0 Å². The van der Waals surface area contributed by atoms with Crippen LogP contribution >= 0.6 is 11.6 Å². The molecule has 1 aromatic rings. The highest BCUT2D eigenvalue weighted by atomic mass is 35.5. The fourth-order valence-electron chi connectivity index (χ4n) is 1.89. The summed E-state index contributed by atoms with van der Waals surface area (Å²) in [7, 11) is 2.02. The van der Waals surface area contributed by atoms with E-state index in [4.69, 9.17) is 17.3 Å². The van der Waals surface area contributed by atoms with E-state index < -0.39 is 0 Å². The Bertz CT molecular complexity index is 350. The molecule has 1 aromatic heterocycles. The second-order valence-electron chi connectivity index (χ2n) is 4.22. The molecule has 2 rings (SSSR count). The Morgan fingerprint density at radius 2 is 2.27 bits per heavy atom. The van der Waals surface area contributed by atoms with Crippen molar-refractivity contribution in [1.29, 1.82) is 0 Å². The van der Waals surface area contributed by atoms with Crippen LogP contribution in [0.5, 0.6) is 0 Å². The van der Waals surface area contributed by atoms with E-state index in [1.807, 2.05) is 13.1 Å². The number of pyridine rings is 1. The van der Waals surface area contributed by atoms with Gasteiger partial charge in [-0.05, 0) is 30.9 Å². The van der Waals surface area contributed by atoms with Crippen LogP contribution < -0.4 is 10.6 Å². The number of anilines is 2. The van der Waals surface area contributed by atoms with Crippen molar-refractivity contribution < 1.29 is 0 Å². The number of nitrogen functional groups attached to an aromatic ring is 1. The Hall–Kier alpha value is -0.960. The maximum Gasteiger partial charge on any atom is 0.153 e. The maximum atomic E-state index is 5.86. The molecule has 0 bridgehead atoms. The highest BCUT2D eigenvalue weighted by molar-refractivity contribution is 6.29. The van der Waals surface area contributed by atoms with Crippen molar-refractivity contribution in [2.75, 3.05) is 24.2 Å². The summed E-state index contributed by atoms with van der Waals surface area (Å²) in [4.78, 5) is 6.35. The molecule has 0 unspecified atom stereocenters. The number of aromatic nitrogens is 1. The Balaban J connectivity index is 2.09. The first-order chi connectivity index (χ1) is 7.16. The van der Waals surface area contributed by atoms with E-state index in [2.05, 4.69) is 9.88 Å². The van der Waals surface area contributed by atoms with Gasteiger partial charge in [-0.3, -0.25) is 0 Å². The van der Waals surface area contributed by atoms with Crippen LogP contribution in [0.1, 0.15) is 19.3 Å². The van der Waals surface area contributed by atoms with Gasteiger partial charge < -0.3 is 10.6 Å². The highest BCUT2D eigenvalue weighted by Crippen LogP contribution is 2.29. The van der Waals surface area contributed by atoms with Gasteiger partial charge in [0.05, 0.1) is 5.69 Å². The molecule has 0 amide bonds. The van der Waals surface area contributed by atoms with Crippen molar-refractivity contribution in [3.8, 4) is 0 Å². The summed E-state index contributed by atoms with van der Waals surface area (Å²) in [6, 6.07) is 3.53. The lowest BCUT2D eigenvalue weighted by Gasteiger charge is -2.31. The van der Waals surface area contributed by atoms with E-state index >= 15 is 0 Å². The minimum Gasteiger partial charge on any atom is -0.396 e. The molecule has 0 spiro atoms. The molecule has 3 nitrogen and oxygen atoms in total. The van der Waals surface area contributed by atoms with E-state index in [0.29, 0.717) is 10.8 Å². The molecule has 0 saturated heterocycles. The van der Waals surface area contributed by atoms with E-state index in [9.17, 15) is 0 Å². The van der Waals surface area contributed by atoms with Gasteiger partial charge in [-0.25, -0.2) is 4.98 Å². The van der Waals surface area contributed by atoms with Gasteiger partial charge in [-0.1, -0.05) is 18.0 Å². The molecular weight excluding hydrogens is 210 g/mol. The SMILES string of the molecule is CN(CC1CCC1)c1nc(Cl)ccc1N. The van der Waals surface area contributed by atoms with E-state index in [1.54, 1.807) is 6.07 Å². The summed E-state index contributed by atoms with van der Waals surface area (Å²) in [6.45, 7) is 1.03. The number of hydrogen-bond donors (Lipinski definition) is 1. The second kappa shape index (κ2) is 4.27. The van der Waals surface area contributed by atoms with Crippen molar-refractivity contribution in [3.63, 3.8) is 0 Å². The highest BCUT2D eigenvalue weighted by Gasteiger charge is 2.20. The molecule has 1 saturated carbocycles. The van der Waals surface area contributed by atoms with Gasteiger partial charge in [0.1, 0.15) is 5.15 Å². The first kappa shape index (κ1) is 10.6. The molecule has 0 atom stereocenters.